The van der Waals surface area contributed by atoms with Crippen LogP contribution >= 0.6 is 0 Å². The summed E-state index contributed by atoms with van der Waals surface area (Å²) in [5.74, 6) is 0. The van der Waals surface area contributed by atoms with Crippen molar-refractivity contribution in [1.29, 1.82) is 0 Å². The Morgan fingerprint density at radius 2 is 0.951 bits per heavy atom. The summed E-state index contributed by atoms with van der Waals surface area (Å²) >= 11 is 0. The molecule has 0 N–H and O–H groups in total. The number of rotatable bonds is 6. The van der Waals surface area contributed by atoms with Crippen molar-refractivity contribution in [1.82, 2.24) is 0 Å². The number of aryl methyl sites for hydroxylation is 6. The fourth-order valence-corrected chi connectivity index (χ4v) is 8.45. The third-order valence-corrected chi connectivity index (χ3v) is 11.1. The normalized spacial score (nSPS) is 13.9. The number of nitrogens with zero attached hydrogens (tertiary/aromatic N) is 2. The maximum absolute atomic E-state index is 13.3. The zero-order chi connectivity index (χ0) is 29.7. The van der Waals surface area contributed by atoms with E-state index in [1.807, 2.05) is 72.1 Å². The molecule has 0 spiro atoms. The first-order chi connectivity index (χ1) is 19.3. The highest BCUT2D eigenvalue weighted by molar-refractivity contribution is 7.91. The maximum atomic E-state index is 13.3. The van der Waals surface area contributed by atoms with Crippen LogP contribution in [0.25, 0.3) is 0 Å². The van der Waals surface area contributed by atoms with Crippen molar-refractivity contribution in [2.24, 2.45) is 0 Å². The van der Waals surface area contributed by atoms with E-state index in [-0.39, 0.29) is 19.6 Å². The van der Waals surface area contributed by atoms with Crippen LogP contribution in [-0.4, -0.2) is 40.8 Å². The van der Waals surface area contributed by atoms with Crippen LogP contribution in [0.1, 0.15) is 33.4 Å². The molecule has 8 heteroatoms. The van der Waals surface area contributed by atoms with E-state index in [1.54, 1.807) is 48.5 Å². The molecule has 4 aromatic carbocycles. The second kappa shape index (κ2) is 10.6. The highest BCUT2D eigenvalue weighted by Crippen LogP contribution is 2.34. The fourth-order valence-electron chi connectivity index (χ4n) is 5.59. The van der Waals surface area contributed by atoms with Crippen LogP contribution in [0, 0.1) is 41.5 Å². The van der Waals surface area contributed by atoms with E-state index in [0.29, 0.717) is 13.1 Å². The van der Waals surface area contributed by atoms with Crippen molar-refractivity contribution in [2.75, 3.05) is 18.0 Å². The SMILES string of the molecule is Cc1ccc(S(=O)(=O)c2cc(C)c(N3C=[N+](c4c(C)cc(S(=O)(=O)c5ccc(C)cc5)cc4C)CC3)c(C)c2)cc1. The molecule has 0 unspecified atom stereocenters. The summed E-state index contributed by atoms with van der Waals surface area (Å²) in [6.45, 7) is 13.0. The lowest BCUT2D eigenvalue weighted by Crippen LogP contribution is -2.20. The molecule has 0 aromatic heterocycles. The minimum Gasteiger partial charge on any atom is -0.229 e. The smallest absolute Gasteiger partial charge is 0.229 e. The molecule has 0 fully saturated rings. The molecular formula is C33H35N2O4S2+. The average Bonchev–Trinajstić information content (AvgIpc) is 3.37. The molecular weight excluding hydrogens is 553 g/mol. The molecule has 5 rings (SSSR count). The lowest BCUT2D eigenvalue weighted by atomic mass is 10.1. The third kappa shape index (κ3) is 5.34. The number of hydrogen-bond acceptors (Lipinski definition) is 5. The Kier molecular flexibility index (Phi) is 7.42. The van der Waals surface area contributed by atoms with Gasteiger partial charge in [0.1, 0.15) is 24.5 Å². The van der Waals surface area contributed by atoms with Gasteiger partial charge in [-0.2, -0.15) is 0 Å². The Morgan fingerprint density at radius 1 is 0.561 bits per heavy atom. The number of hydrogen-bond donors (Lipinski definition) is 0. The van der Waals surface area contributed by atoms with Crippen molar-refractivity contribution < 1.29 is 21.4 Å². The molecule has 0 atom stereocenters. The van der Waals surface area contributed by atoms with E-state index in [9.17, 15) is 16.8 Å². The Balaban J connectivity index is 1.47. The molecule has 212 valence electrons. The summed E-state index contributed by atoms with van der Waals surface area (Å²) < 4.78 is 55.4. The van der Waals surface area contributed by atoms with Gasteiger partial charge in [0.2, 0.25) is 26.0 Å². The van der Waals surface area contributed by atoms with E-state index in [4.69, 9.17) is 0 Å². The van der Waals surface area contributed by atoms with E-state index < -0.39 is 19.7 Å². The lowest BCUT2D eigenvalue weighted by molar-refractivity contribution is -0.425. The Morgan fingerprint density at radius 3 is 1.37 bits per heavy atom. The van der Waals surface area contributed by atoms with Gasteiger partial charge in [0.15, 0.2) is 0 Å². The zero-order valence-corrected chi connectivity index (χ0v) is 25.9. The molecule has 4 aromatic rings. The van der Waals surface area contributed by atoms with Gasteiger partial charge in [0, 0.05) is 0 Å². The van der Waals surface area contributed by atoms with Crippen LogP contribution < -0.4 is 4.90 Å². The molecule has 1 aliphatic heterocycles. The molecule has 1 heterocycles. The number of anilines is 1. The highest BCUT2D eigenvalue weighted by Gasteiger charge is 2.30. The maximum Gasteiger partial charge on any atom is 0.244 e. The molecule has 0 saturated carbocycles. The monoisotopic (exact) mass is 587 g/mol. The molecule has 41 heavy (non-hydrogen) atoms. The highest BCUT2D eigenvalue weighted by atomic mass is 32.2. The van der Waals surface area contributed by atoms with Crippen LogP contribution in [0.5, 0.6) is 0 Å². The molecule has 0 bridgehead atoms. The Hall–Kier alpha value is -3.75. The van der Waals surface area contributed by atoms with Crippen molar-refractivity contribution in [3.05, 3.63) is 106 Å². The molecule has 0 radical (unpaired) electrons. The van der Waals surface area contributed by atoms with Crippen molar-refractivity contribution in [3.8, 4) is 0 Å². The van der Waals surface area contributed by atoms with E-state index >= 15 is 0 Å². The summed E-state index contributed by atoms with van der Waals surface area (Å²) in [4.78, 5) is 3.28. The Labute approximate surface area is 243 Å². The van der Waals surface area contributed by atoms with E-state index in [1.165, 1.54) is 0 Å². The van der Waals surface area contributed by atoms with Crippen LogP contribution in [-0.2, 0) is 19.7 Å². The van der Waals surface area contributed by atoms with Gasteiger partial charge in [-0.3, -0.25) is 0 Å². The predicted molar refractivity (Wildman–Crippen MR) is 163 cm³/mol. The second-order valence-corrected chi connectivity index (χ2v) is 14.8. The van der Waals surface area contributed by atoms with Gasteiger partial charge >= 0.3 is 0 Å². The van der Waals surface area contributed by atoms with Gasteiger partial charge in [-0.25, -0.2) is 26.3 Å². The van der Waals surface area contributed by atoms with Gasteiger partial charge in [0.05, 0.1) is 19.6 Å². The van der Waals surface area contributed by atoms with Crippen LogP contribution in [0.3, 0.4) is 0 Å². The van der Waals surface area contributed by atoms with Crippen LogP contribution in [0.15, 0.2) is 92.4 Å². The summed E-state index contributed by atoms with van der Waals surface area (Å²) in [5.41, 5.74) is 7.48. The molecule has 1 aliphatic rings. The first-order valence-electron chi connectivity index (χ1n) is 13.5. The van der Waals surface area contributed by atoms with Crippen LogP contribution in [0.4, 0.5) is 11.4 Å². The predicted octanol–water partition coefficient (Wildman–Crippen LogP) is 6.40. The van der Waals surface area contributed by atoms with Gasteiger partial charge in [-0.1, -0.05) is 35.4 Å². The van der Waals surface area contributed by atoms with Crippen molar-refractivity contribution >= 4 is 37.4 Å². The first kappa shape index (κ1) is 28.8. The quantitative estimate of drug-likeness (QED) is 0.244. The van der Waals surface area contributed by atoms with Gasteiger partial charge in [0.25, 0.3) is 0 Å². The number of benzene rings is 4. The van der Waals surface area contributed by atoms with Crippen molar-refractivity contribution in [2.45, 2.75) is 61.1 Å². The van der Waals surface area contributed by atoms with Gasteiger partial charge < -0.3 is 0 Å². The third-order valence-electron chi connectivity index (χ3n) is 7.65. The summed E-state index contributed by atoms with van der Waals surface area (Å²) in [7, 11) is -7.27. The summed E-state index contributed by atoms with van der Waals surface area (Å²) in [6.07, 6.45) is 2.03. The van der Waals surface area contributed by atoms with Crippen LogP contribution in [0.2, 0.25) is 0 Å². The summed E-state index contributed by atoms with van der Waals surface area (Å²) in [5, 5.41) is 0. The van der Waals surface area contributed by atoms with Crippen molar-refractivity contribution in [3.63, 3.8) is 0 Å². The van der Waals surface area contributed by atoms with Gasteiger partial charge in [-0.15, -0.1) is 0 Å². The van der Waals surface area contributed by atoms with E-state index in [0.717, 1.165) is 44.8 Å². The minimum atomic E-state index is -3.63. The summed E-state index contributed by atoms with van der Waals surface area (Å²) in [6, 6.07) is 20.8. The topological polar surface area (TPSA) is 74.5 Å². The Bertz CT molecular complexity index is 1860. The van der Waals surface area contributed by atoms with Gasteiger partial charge in [-0.05, 0) is 112 Å². The second-order valence-electron chi connectivity index (χ2n) is 10.9. The fraction of sp³-hybridized carbons (Fsp3) is 0.242. The number of sulfone groups is 2. The standard InChI is InChI=1S/C33H35N2O4S2/c1-22-7-11-28(12-8-22)40(36,37)30-17-24(3)32(25(4)18-30)34-15-16-35(21-34)33-26(5)19-31(20-27(33)6)41(38,39)29-13-9-23(2)10-14-29/h7-14,17-21H,15-16H2,1-6H3/q+1. The molecule has 0 aliphatic carbocycles. The molecule has 0 amide bonds. The minimum absolute atomic E-state index is 0.285. The molecule has 0 saturated heterocycles. The largest absolute Gasteiger partial charge is 0.244 e. The average molecular weight is 588 g/mol. The molecule has 6 nitrogen and oxygen atoms in total. The first-order valence-corrected chi connectivity index (χ1v) is 16.5. The van der Waals surface area contributed by atoms with E-state index in [2.05, 4.69) is 9.48 Å². The lowest BCUT2D eigenvalue weighted by Gasteiger charge is -2.15. The zero-order valence-electron chi connectivity index (χ0n) is 24.3.